The summed E-state index contributed by atoms with van der Waals surface area (Å²) in [6.07, 6.45) is 3.51. The van der Waals surface area contributed by atoms with E-state index in [0.29, 0.717) is 13.0 Å². The van der Waals surface area contributed by atoms with Crippen LogP contribution in [0.3, 0.4) is 0 Å². The number of alkyl halides is 1. The molecule has 1 saturated heterocycles. The van der Waals surface area contributed by atoms with Gasteiger partial charge in [0.25, 0.3) is 0 Å². The smallest absolute Gasteiger partial charge is 0.127 e. The number of nitrogens with two attached hydrogens (primary N) is 1. The number of likely N-dealkylation sites (tertiary alicyclic amines) is 1. The van der Waals surface area contributed by atoms with Gasteiger partial charge in [-0.1, -0.05) is 0 Å². The highest BCUT2D eigenvalue weighted by Crippen LogP contribution is 2.40. The summed E-state index contributed by atoms with van der Waals surface area (Å²) in [7, 11) is 2.01. The molecule has 0 aromatic carbocycles. The first kappa shape index (κ1) is 9.41. The van der Waals surface area contributed by atoms with Crippen LogP contribution in [0.5, 0.6) is 0 Å². The van der Waals surface area contributed by atoms with E-state index in [1.165, 1.54) is 0 Å². The molecule has 0 radical (unpaired) electrons. The lowest BCUT2D eigenvalue weighted by atomic mass is 9.88. The van der Waals surface area contributed by atoms with Gasteiger partial charge in [0.2, 0.25) is 0 Å². The molecule has 2 N–H and O–H groups in total. The molecule has 1 heterocycles. The minimum Gasteiger partial charge on any atom is -0.328 e. The van der Waals surface area contributed by atoms with E-state index in [-0.39, 0.29) is 12.0 Å². The molecule has 3 atom stereocenters. The average Bonchev–Trinajstić information content (AvgIpc) is 2.28. The molecule has 2 nitrogen and oxygen atoms in total. The SMILES string of the molecule is CN1CC2CCC(N)CCC2(F)C1. The fourth-order valence-electron chi connectivity index (χ4n) is 2.80. The topological polar surface area (TPSA) is 29.3 Å². The molecule has 3 unspecified atom stereocenters. The lowest BCUT2D eigenvalue weighted by molar-refractivity contribution is 0.113. The Morgan fingerprint density at radius 2 is 2.15 bits per heavy atom. The van der Waals surface area contributed by atoms with Gasteiger partial charge >= 0.3 is 0 Å². The molecule has 1 aliphatic carbocycles. The molecule has 0 bridgehead atoms. The Labute approximate surface area is 79.3 Å². The summed E-state index contributed by atoms with van der Waals surface area (Å²) in [5.74, 6) is 0.242. The van der Waals surface area contributed by atoms with Crippen LogP contribution in [0.2, 0.25) is 0 Å². The van der Waals surface area contributed by atoms with Crippen molar-refractivity contribution < 1.29 is 4.39 Å². The fraction of sp³-hybridized carbons (Fsp3) is 1.00. The largest absolute Gasteiger partial charge is 0.328 e. The molecule has 0 spiro atoms. The van der Waals surface area contributed by atoms with E-state index in [1.807, 2.05) is 7.05 Å². The van der Waals surface area contributed by atoms with Crippen molar-refractivity contribution >= 4 is 0 Å². The summed E-state index contributed by atoms with van der Waals surface area (Å²) < 4.78 is 14.3. The number of rotatable bonds is 0. The van der Waals surface area contributed by atoms with Crippen molar-refractivity contribution in [2.24, 2.45) is 11.7 Å². The highest BCUT2D eigenvalue weighted by Gasteiger charge is 2.46. The second kappa shape index (κ2) is 3.21. The second-order valence-corrected chi connectivity index (χ2v) is 4.80. The molecule has 1 aliphatic heterocycles. The monoisotopic (exact) mass is 186 g/mol. The van der Waals surface area contributed by atoms with Crippen LogP contribution in [0.1, 0.15) is 25.7 Å². The Hall–Kier alpha value is -0.150. The maximum absolute atomic E-state index is 14.3. The van der Waals surface area contributed by atoms with E-state index in [2.05, 4.69) is 4.90 Å². The van der Waals surface area contributed by atoms with Gasteiger partial charge in [-0.3, -0.25) is 0 Å². The maximum atomic E-state index is 14.3. The van der Waals surface area contributed by atoms with Crippen LogP contribution in [0.15, 0.2) is 0 Å². The summed E-state index contributed by atoms with van der Waals surface area (Å²) in [5, 5.41) is 0. The first-order valence-electron chi connectivity index (χ1n) is 5.23. The van der Waals surface area contributed by atoms with Crippen molar-refractivity contribution in [3.63, 3.8) is 0 Å². The van der Waals surface area contributed by atoms with Gasteiger partial charge in [-0.25, -0.2) is 4.39 Å². The van der Waals surface area contributed by atoms with Crippen LogP contribution in [0.25, 0.3) is 0 Å². The molecule has 13 heavy (non-hydrogen) atoms. The van der Waals surface area contributed by atoms with E-state index in [1.54, 1.807) is 0 Å². The van der Waals surface area contributed by atoms with Gasteiger partial charge in [0.1, 0.15) is 5.67 Å². The first-order valence-corrected chi connectivity index (χ1v) is 5.23. The van der Waals surface area contributed by atoms with Crippen LogP contribution in [-0.2, 0) is 0 Å². The maximum Gasteiger partial charge on any atom is 0.127 e. The average molecular weight is 186 g/mol. The molecule has 2 aliphatic rings. The predicted octanol–water partition coefficient (Wildman–Crippen LogP) is 1.16. The highest BCUT2D eigenvalue weighted by molar-refractivity contribution is 4.99. The highest BCUT2D eigenvalue weighted by atomic mass is 19.1. The minimum absolute atomic E-state index is 0.239. The predicted molar refractivity (Wildman–Crippen MR) is 51.3 cm³/mol. The number of hydrogen-bond acceptors (Lipinski definition) is 2. The molecule has 2 rings (SSSR count). The van der Waals surface area contributed by atoms with E-state index < -0.39 is 5.67 Å². The number of hydrogen-bond donors (Lipinski definition) is 1. The standard InChI is InChI=1S/C10H19FN2/c1-13-6-8-2-3-9(12)4-5-10(8,11)7-13/h8-9H,2-7,12H2,1H3. The number of fused-ring (bicyclic) bond motifs is 1. The first-order chi connectivity index (χ1) is 6.10. The van der Waals surface area contributed by atoms with Crippen molar-refractivity contribution in [3.05, 3.63) is 0 Å². The van der Waals surface area contributed by atoms with Crippen molar-refractivity contribution in [1.29, 1.82) is 0 Å². The van der Waals surface area contributed by atoms with E-state index in [0.717, 1.165) is 25.8 Å². The van der Waals surface area contributed by atoms with Crippen molar-refractivity contribution in [2.45, 2.75) is 37.4 Å². The summed E-state index contributed by atoms with van der Waals surface area (Å²) in [4.78, 5) is 2.11. The summed E-state index contributed by atoms with van der Waals surface area (Å²) in [6.45, 7) is 1.54. The lowest BCUT2D eigenvalue weighted by Crippen LogP contribution is -2.32. The molecule has 0 aromatic heterocycles. The third-order valence-electron chi connectivity index (χ3n) is 3.61. The lowest BCUT2D eigenvalue weighted by Gasteiger charge is -2.23. The van der Waals surface area contributed by atoms with E-state index in [9.17, 15) is 4.39 Å². The Balaban J connectivity index is 2.09. The molecular formula is C10H19FN2. The van der Waals surface area contributed by atoms with E-state index in [4.69, 9.17) is 5.73 Å². The second-order valence-electron chi connectivity index (χ2n) is 4.80. The zero-order valence-electron chi connectivity index (χ0n) is 8.30. The van der Waals surface area contributed by atoms with Crippen LogP contribution >= 0.6 is 0 Å². The van der Waals surface area contributed by atoms with Gasteiger partial charge in [-0.15, -0.1) is 0 Å². The zero-order valence-corrected chi connectivity index (χ0v) is 8.30. The van der Waals surface area contributed by atoms with Crippen LogP contribution in [0.4, 0.5) is 4.39 Å². The van der Waals surface area contributed by atoms with Gasteiger partial charge in [0, 0.05) is 25.0 Å². The van der Waals surface area contributed by atoms with Gasteiger partial charge in [0.15, 0.2) is 0 Å². The van der Waals surface area contributed by atoms with Gasteiger partial charge in [0.05, 0.1) is 0 Å². The Morgan fingerprint density at radius 3 is 2.92 bits per heavy atom. The number of halogens is 1. The molecule has 3 heteroatoms. The van der Waals surface area contributed by atoms with Gasteiger partial charge in [-0.05, 0) is 32.7 Å². The Bertz CT molecular complexity index is 197. The molecular weight excluding hydrogens is 167 g/mol. The molecule has 0 amide bonds. The van der Waals surface area contributed by atoms with Crippen molar-refractivity contribution in [2.75, 3.05) is 20.1 Å². The van der Waals surface area contributed by atoms with Crippen LogP contribution in [0, 0.1) is 5.92 Å². The molecule has 1 saturated carbocycles. The third kappa shape index (κ3) is 1.72. The van der Waals surface area contributed by atoms with Gasteiger partial charge in [-0.2, -0.15) is 0 Å². The third-order valence-corrected chi connectivity index (χ3v) is 3.61. The normalized spacial score (nSPS) is 47.3. The summed E-state index contributed by atoms with van der Waals surface area (Å²) >= 11 is 0. The molecule has 76 valence electrons. The van der Waals surface area contributed by atoms with Crippen LogP contribution < -0.4 is 5.73 Å². The Morgan fingerprint density at radius 1 is 1.38 bits per heavy atom. The summed E-state index contributed by atoms with van der Waals surface area (Å²) in [5.41, 5.74) is 4.92. The molecule has 2 fully saturated rings. The van der Waals surface area contributed by atoms with Crippen LogP contribution in [-0.4, -0.2) is 36.7 Å². The fourth-order valence-corrected chi connectivity index (χ4v) is 2.80. The summed E-state index contributed by atoms with van der Waals surface area (Å²) in [6, 6.07) is 0.239. The van der Waals surface area contributed by atoms with Gasteiger partial charge < -0.3 is 10.6 Å². The van der Waals surface area contributed by atoms with E-state index >= 15 is 0 Å². The van der Waals surface area contributed by atoms with Crippen molar-refractivity contribution in [3.8, 4) is 0 Å². The minimum atomic E-state index is -0.928. The zero-order chi connectivity index (χ0) is 9.47. The van der Waals surface area contributed by atoms with Crippen molar-refractivity contribution in [1.82, 2.24) is 4.90 Å². The Kier molecular flexibility index (Phi) is 2.32. The quantitative estimate of drug-likeness (QED) is 0.615. The number of nitrogens with zero attached hydrogens (tertiary/aromatic N) is 1. The molecule has 0 aromatic rings.